The van der Waals surface area contributed by atoms with Crippen LogP contribution in [0.3, 0.4) is 0 Å². The van der Waals surface area contributed by atoms with Crippen molar-refractivity contribution < 1.29 is 19.1 Å². The maximum absolute atomic E-state index is 11.6. The van der Waals surface area contributed by atoms with Gasteiger partial charge < -0.3 is 9.47 Å². The summed E-state index contributed by atoms with van der Waals surface area (Å²) in [5, 5.41) is 0. The van der Waals surface area contributed by atoms with E-state index >= 15 is 0 Å². The van der Waals surface area contributed by atoms with Crippen LogP contribution >= 0.6 is 15.9 Å². The van der Waals surface area contributed by atoms with Gasteiger partial charge in [0.25, 0.3) is 0 Å². The van der Waals surface area contributed by atoms with Crippen LogP contribution in [0.15, 0.2) is 22.7 Å². The Balaban J connectivity index is 2.73. The van der Waals surface area contributed by atoms with Crippen molar-refractivity contribution in [2.24, 2.45) is 0 Å². The first-order chi connectivity index (χ1) is 9.06. The number of hydrogen-bond acceptors (Lipinski definition) is 6. The molecular formula is C12H9BrN2O4. The lowest BCUT2D eigenvalue weighted by molar-refractivity contribution is 0.0545. The summed E-state index contributed by atoms with van der Waals surface area (Å²) in [6, 6.07) is 5.13. The Kier molecular flexibility index (Phi) is 3.75. The number of nitrogens with zero attached hydrogens (tertiary/aromatic N) is 2. The van der Waals surface area contributed by atoms with Crippen LogP contribution in [0.1, 0.15) is 21.0 Å². The number of ether oxygens (including phenoxy) is 2. The summed E-state index contributed by atoms with van der Waals surface area (Å²) in [7, 11) is 2.41. The van der Waals surface area contributed by atoms with Crippen molar-refractivity contribution in [1.29, 1.82) is 0 Å². The summed E-state index contributed by atoms with van der Waals surface area (Å²) >= 11 is 3.30. The maximum Gasteiger partial charge on any atom is 0.359 e. The maximum atomic E-state index is 11.6. The number of carbonyl (C=O) groups is 2. The Labute approximate surface area is 116 Å². The fourth-order valence-corrected chi connectivity index (χ4v) is 1.85. The average Bonchev–Trinajstić information content (AvgIpc) is 2.44. The second-order valence-corrected chi connectivity index (χ2v) is 4.45. The number of hydrogen-bond donors (Lipinski definition) is 0. The Morgan fingerprint density at radius 1 is 1.00 bits per heavy atom. The van der Waals surface area contributed by atoms with Crippen LogP contribution in [0.4, 0.5) is 0 Å². The van der Waals surface area contributed by atoms with E-state index in [4.69, 9.17) is 0 Å². The van der Waals surface area contributed by atoms with Crippen LogP contribution in [0, 0.1) is 0 Å². The fraction of sp³-hybridized carbons (Fsp3) is 0.167. The molecule has 2 rings (SSSR count). The molecule has 19 heavy (non-hydrogen) atoms. The zero-order valence-corrected chi connectivity index (χ0v) is 11.7. The van der Waals surface area contributed by atoms with E-state index in [2.05, 4.69) is 35.4 Å². The molecule has 0 aliphatic rings. The van der Waals surface area contributed by atoms with Gasteiger partial charge >= 0.3 is 11.9 Å². The largest absolute Gasteiger partial charge is 0.464 e. The molecule has 0 fully saturated rings. The van der Waals surface area contributed by atoms with Crippen LogP contribution in [-0.4, -0.2) is 36.1 Å². The normalized spacial score (nSPS) is 10.3. The molecular weight excluding hydrogens is 316 g/mol. The lowest BCUT2D eigenvalue weighted by Gasteiger charge is -2.06. The van der Waals surface area contributed by atoms with Crippen molar-refractivity contribution in [3.8, 4) is 0 Å². The molecule has 1 heterocycles. The lowest BCUT2D eigenvalue weighted by atomic mass is 10.2. The molecule has 7 heteroatoms. The molecule has 0 atom stereocenters. The number of rotatable bonds is 2. The zero-order chi connectivity index (χ0) is 14.0. The molecule has 0 saturated heterocycles. The summed E-state index contributed by atoms with van der Waals surface area (Å²) in [4.78, 5) is 31.5. The topological polar surface area (TPSA) is 78.4 Å². The van der Waals surface area contributed by atoms with Crippen molar-refractivity contribution in [3.63, 3.8) is 0 Å². The SMILES string of the molecule is COC(=O)c1nc2ccc(Br)cc2nc1C(=O)OC. The molecule has 98 valence electrons. The smallest absolute Gasteiger partial charge is 0.359 e. The van der Waals surface area contributed by atoms with Crippen molar-refractivity contribution in [2.75, 3.05) is 14.2 Å². The highest BCUT2D eigenvalue weighted by molar-refractivity contribution is 9.10. The van der Waals surface area contributed by atoms with Gasteiger partial charge in [-0.15, -0.1) is 0 Å². The van der Waals surface area contributed by atoms with E-state index in [1.807, 2.05) is 0 Å². The van der Waals surface area contributed by atoms with Gasteiger partial charge in [0.05, 0.1) is 25.3 Å². The van der Waals surface area contributed by atoms with Crippen molar-refractivity contribution in [2.45, 2.75) is 0 Å². The highest BCUT2D eigenvalue weighted by Gasteiger charge is 2.23. The van der Waals surface area contributed by atoms with Crippen LogP contribution in [-0.2, 0) is 9.47 Å². The molecule has 0 aliphatic heterocycles. The predicted octanol–water partition coefficient (Wildman–Crippen LogP) is 1.97. The first kappa shape index (κ1) is 13.4. The van der Waals surface area contributed by atoms with E-state index in [0.717, 1.165) is 4.47 Å². The molecule has 0 unspecified atom stereocenters. The Bertz CT molecular complexity index is 672. The highest BCUT2D eigenvalue weighted by atomic mass is 79.9. The van der Waals surface area contributed by atoms with Gasteiger partial charge in [0.15, 0.2) is 11.4 Å². The van der Waals surface area contributed by atoms with Crippen LogP contribution in [0.2, 0.25) is 0 Å². The summed E-state index contributed by atoms with van der Waals surface area (Å²) in [5.41, 5.74) is 0.628. The average molecular weight is 325 g/mol. The fourth-order valence-electron chi connectivity index (χ4n) is 1.51. The number of aromatic nitrogens is 2. The van der Waals surface area contributed by atoms with Crippen LogP contribution in [0.25, 0.3) is 11.0 Å². The van der Waals surface area contributed by atoms with Gasteiger partial charge in [0, 0.05) is 4.47 Å². The van der Waals surface area contributed by atoms with E-state index in [0.29, 0.717) is 11.0 Å². The monoisotopic (exact) mass is 324 g/mol. The predicted molar refractivity (Wildman–Crippen MR) is 69.9 cm³/mol. The molecule has 0 amide bonds. The molecule has 2 aromatic rings. The Morgan fingerprint density at radius 3 is 2.05 bits per heavy atom. The summed E-state index contributed by atoms with van der Waals surface area (Å²) in [5.74, 6) is -1.48. The zero-order valence-electron chi connectivity index (χ0n) is 10.1. The Morgan fingerprint density at radius 2 is 1.53 bits per heavy atom. The van der Waals surface area contributed by atoms with Crippen molar-refractivity contribution in [3.05, 3.63) is 34.1 Å². The number of methoxy groups -OCH3 is 2. The lowest BCUT2D eigenvalue weighted by Crippen LogP contribution is -2.16. The summed E-state index contributed by atoms with van der Waals surface area (Å²) < 4.78 is 9.96. The minimum atomic E-state index is -0.741. The first-order valence-electron chi connectivity index (χ1n) is 5.20. The van der Waals surface area contributed by atoms with E-state index in [-0.39, 0.29) is 11.4 Å². The second-order valence-electron chi connectivity index (χ2n) is 3.54. The van der Waals surface area contributed by atoms with Crippen LogP contribution in [0.5, 0.6) is 0 Å². The summed E-state index contributed by atoms with van der Waals surface area (Å²) in [6.07, 6.45) is 0. The van der Waals surface area contributed by atoms with E-state index in [1.54, 1.807) is 18.2 Å². The molecule has 1 aromatic heterocycles. The minimum Gasteiger partial charge on any atom is -0.464 e. The molecule has 0 saturated carbocycles. The van der Waals surface area contributed by atoms with Gasteiger partial charge in [0.2, 0.25) is 0 Å². The summed E-state index contributed by atoms with van der Waals surface area (Å²) in [6.45, 7) is 0. The number of fused-ring (bicyclic) bond motifs is 1. The number of benzene rings is 1. The molecule has 0 spiro atoms. The standard InChI is InChI=1S/C12H9BrN2O4/c1-18-11(16)9-10(12(17)19-2)15-8-5-6(13)3-4-7(8)14-9/h3-5H,1-2H3. The molecule has 0 aliphatic carbocycles. The third-order valence-electron chi connectivity index (χ3n) is 2.38. The van der Waals surface area contributed by atoms with Gasteiger partial charge in [-0.05, 0) is 18.2 Å². The highest BCUT2D eigenvalue weighted by Crippen LogP contribution is 2.19. The first-order valence-corrected chi connectivity index (χ1v) is 6.00. The van der Waals surface area contributed by atoms with Gasteiger partial charge in [-0.1, -0.05) is 15.9 Å². The molecule has 6 nitrogen and oxygen atoms in total. The minimum absolute atomic E-state index is 0.163. The third-order valence-corrected chi connectivity index (χ3v) is 2.88. The van der Waals surface area contributed by atoms with E-state index in [1.165, 1.54) is 14.2 Å². The third kappa shape index (κ3) is 2.55. The van der Waals surface area contributed by atoms with Crippen LogP contribution < -0.4 is 0 Å². The van der Waals surface area contributed by atoms with E-state index < -0.39 is 11.9 Å². The molecule has 0 N–H and O–H groups in total. The second kappa shape index (κ2) is 5.31. The van der Waals surface area contributed by atoms with Crippen molar-refractivity contribution >= 4 is 38.9 Å². The number of halogens is 1. The van der Waals surface area contributed by atoms with Crippen molar-refractivity contribution in [1.82, 2.24) is 9.97 Å². The van der Waals surface area contributed by atoms with Gasteiger partial charge in [-0.25, -0.2) is 19.6 Å². The molecule has 1 aromatic carbocycles. The Hall–Kier alpha value is -2.02. The molecule has 0 bridgehead atoms. The van der Waals surface area contributed by atoms with Gasteiger partial charge in [-0.3, -0.25) is 0 Å². The van der Waals surface area contributed by atoms with E-state index in [9.17, 15) is 9.59 Å². The quantitative estimate of drug-likeness (QED) is 0.786. The number of carbonyl (C=O) groups excluding carboxylic acids is 2. The van der Waals surface area contributed by atoms with Gasteiger partial charge in [-0.2, -0.15) is 0 Å². The number of esters is 2. The van der Waals surface area contributed by atoms with Gasteiger partial charge in [0.1, 0.15) is 0 Å². The molecule has 0 radical (unpaired) electrons.